The second-order valence-corrected chi connectivity index (χ2v) is 9.73. The van der Waals surface area contributed by atoms with Gasteiger partial charge in [0.1, 0.15) is 11.3 Å². The highest BCUT2D eigenvalue weighted by Crippen LogP contribution is 2.32. The number of hydrogen-bond acceptors (Lipinski definition) is 4. The molecule has 0 radical (unpaired) electrons. The van der Waals surface area contributed by atoms with Crippen molar-refractivity contribution >= 4 is 63.8 Å². The van der Waals surface area contributed by atoms with Crippen LogP contribution in [0.5, 0.6) is 5.75 Å². The van der Waals surface area contributed by atoms with E-state index in [2.05, 4.69) is 27.9 Å². The highest BCUT2D eigenvalue weighted by molar-refractivity contribution is 14.1. The van der Waals surface area contributed by atoms with Gasteiger partial charge in [0.05, 0.1) is 12.3 Å². The third-order valence-corrected chi connectivity index (χ3v) is 7.15. The highest BCUT2D eigenvalue weighted by Gasteiger charge is 2.36. The number of nitrogens with one attached hydrogen (secondary N) is 1. The van der Waals surface area contributed by atoms with Gasteiger partial charge in [0, 0.05) is 20.6 Å². The summed E-state index contributed by atoms with van der Waals surface area (Å²) in [5, 5.41) is 2.94. The summed E-state index contributed by atoms with van der Waals surface area (Å²) < 4.78 is 6.82. The number of nitrogens with zero attached hydrogens (tertiary/aromatic N) is 1. The predicted molar refractivity (Wildman–Crippen MR) is 149 cm³/mol. The largest absolute Gasteiger partial charge is 0.494 e. The molecule has 1 N–H and O–H groups in total. The normalized spacial score (nSPS) is 14.8. The van der Waals surface area contributed by atoms with Gasteiger partial charge < -0.3 is 4.74 Å². The Kier molecular flexibility index (Phi) is 8.11. The molecule has 1 aliphatic rings. The average molecular weight is 615 g/mol. The molecule has 3 aromatic rings. The molecule has 1 heterocycles. The standard InChI is InChI=1S/C28H24ClIN2O4/c1-3-17-9-11-20(12-10-17)32-27(34)22(26(33)31-28(32)35)13-18-14-24(30)21(25(15-18)36-4-2)16-19-7-5-6-8-23(19)29/h5-15H,3-4,16H2,1-2H3,(H,31,33,35)/b22-13+. The molecule has 0 spiro atoms. The lowest BCUT2D eigenvalue weighted by Gasteiger charge is -2.26. The Labute approximate surface area is 228 Å². The molecule has 0 aliphatic carbocycles. The first-order valence-corrected chi connectivity index (χ1v) is 13.0. The minimum atomic E-state index is -0.772. The number of imide groups is 2. The summed E-state index contributed by atoms with van der Waals surface area (Å²) in [6.45, 7) is 4.36. The fourth-order valence-corrected chi connectivity index (χ4v) is 4.96. The van der Waals surface area contributed by atoms with Crippen molar-refractivity contribution in [3.8, 4) is 5.75 Å². The Hall–Kier alpha value is -3.17. The Morgan fingerprint density at radius 2 is 1.75 bits per heavy atom. The SMILES string of the molecule is CCOc1cc(/C=C2\C(=O)NC(=O)N(c3ccc(CC)cc3)C2=O)cc(I)c1Cc1ccccc1Cl. The van der Waals surface area contributed by atoms with Gasteiger partial charge in [-0.25, -0.2) is 9.69 Å². The van der Waals surface area contributed by atoms with Crippen LogP contribution in [0.25, 0.3) is 6.08 Å². The highest BCUT2D eigenvalue weighted by atomic mass is 127. The maximum atomic E-state index is 13.3. The third-order valence-electron chi connectivity index (χ3n) is 5.82. The maximum absolute atomic E-state index is 13.3. The first kappa shape index (κ1) is 25.9. The van der Waals surface area contributed by atoms with E-state index >= 15 is 0 Å². The van der Waals surface area contributed by atoms with E-state index in [4.69, 9.17) is 16.3 Å². The van der Waals surface area contributed by atoms with Gasteiger partial charge >= 0.3 is 6.03 Å². The smallest absolute Gasteiger partial charge is 0.335 e. The first-order valence-electron chi connectivity index (χ1n) is 11.5. The number of aryl methyl sites for hydroxylation is 1. The lowest BCUT2D eigenvalue weighted by atomic mass is 10.0. The summed E-state index contributed by atoms with van der Waals surface area (Å²) in [5.74, 6) is -0.774. The molecule has 0 aromatic heterocycles. The quantitative estimate of drug-likeness (QED) is 0.196. The van der Waals surface area contributed by atoms with Crippen LogP contribution in [0, 0.1) is 3.57 Å². The van der Waals surface area contributed by atoms with Crippen molar-refractivity contribution < 1.29 is 19.1 Å². The maximum Gasteiger partial charge on any atom is 0.335 e. The fraction of sp³-hybridized carbons (Fsp3) is 0.179. The lowest BCUT2D eigenvalue weighted by Crippen LogP contribution is -2.54. The summed E-state index contributed by atoms with van der Waals surface area (Å²) in [6, 6.07) is 17.6. The van der Waals surface area contributed by atoms with Gasteiger partial charge in [-0.2, -0.15) is 0 Å². The monoisotopic (exact) mass is 614 g/mol. The van der Waals surface area contributed by atoms with Gasteiger partial charge in [-0.1, -0.05) is 48.9 Å². The van der Waals surface area contributed by atoms with Crippen LogP contribution >= 0.6 is 34.2 Å². The van der Waals surface area contributed by atoms with Crippen LogP contribution in [0.15, 0.2) is 66.2 Å². The van der Waals surface area contributed by atoms with Gasteiger partial charge in [0.15, 0.2) is 0 Å². The van der Waals surface area contributed by atoms with Crippen LogP contribution in [0.4, 0.5) is 10.5 Å². The summed E-state index contributed by atoms with van der Waals surface area (Å²) in [4.78, 5) is 39.4. The Balaban J connectivity index is 1.71. The Bertz CT molecular complexity index is 1370. The molecule has 0 saturated carbocycles. The van der Waals surface area contributed by atoms with Crippen molar-refractivity contribution in [2.75, 3.05) is 11.5 Å². The van der Waals surface area contributed by atoms with E-state index in [1.165, 1.54) is 6.08 Å². The van der Waals surface area contributed by atoms with Crippen molar-refractivity contribution in [3.63, 3.8) is 0 Å². The van der Waals surface area contributed by atoms with Crippen molar-refractivity contribution in [1.29, 1.82) is 0 Å². The fourth-order valence-electron chi connectivity index (χ4n) is 3.94. The van der Waals surface area contributed by atoms with E-state index in [9.17, 15) is 14.4 Å². The van der Waals surface area contributed by atoms with Crippen LogP contribution in [0.2, 0.25) is 5.02 Å². The molecule has 1 aliphatic heterocycles. The molecule has 8 heteroatoms. The van der Waals surface area contributed by atoms with Crippen molar-refractivity contribution in [3.05, 3.63) is 97.1 Å². The van der Waals surface area contributed by atoms with E-state index in [0.29, 0.717) is 35.1 Å². The predicted octanol–water partition coefficient (Wildman–Crippen LogP) is 6.16. The van der Waals surface area contributed by atoms with E-state index in [0.717, 1.165) is 31.6 Å². The molecule has 4 amide bonds. The topological polar surface area (TPSA) is 75.7 Å². The van der Waals surface area contributed by atoms with Crippen molar-refractivity contribution in [1.82, 2.24) is 5.32 Å². The van der Waals surface area contributed by atoms with Gasteiger partial charge in [-0.05, 0) is 89.0 Å². The molecule has 0 atom stereocenters. The van der Waals surface area contributed by atoms with E-state index in [-0.39, 0.29) is 5.57 Å². The van der Waals surface area contributed by atoms with Gasteiger partial charge in [0.25, 0.3) is 11.8 Å². The molecule has 36 heavy (non-hydrogen) atoms. The average Bonchev–Trinajstić information content (AvgIpc) is 2.85. The number of urea groups is 1. The van der Waals surface area contributed by atoms with Gasteiger partial charge in [-0.3, -0.25) is 14.9 Å². The minimum Gasteiger partial charge on any atom is -0.494 e. The van der Waals surface area contributed by atoms with Crippen LogP contribution in [0.3, 0.4) is 0 Å². The number of ether oxygens (including phenoxy) is 1. The van der Waals surface area contributed by atoms with Crippen LogP contribution < -0.4 is 15.0 Å². The Morgan fingerprint density at radius 3 is 2.42 bits per heavy atom. The van der Waals surface area contributed by atoms with E-state index in [1.54, 1.807) is 18.2 Å². The summed E-state index contributed by atoms with van der Waals surface area (Å²) in [6.07, 6.45) is 2.89. The molecule has 1 fully saturated rings. The van der Waals surface area contributed by atoms with E-state index < -0.39 is 17.8 Å². The molecular formula is C28H24ClIN2O4. The zero-order chi connectivity index (χ0) is 25.8. The molecule has 0 bridgehead atoms. The van der Waals surface area contributed by atoms with Crippen LogP contribution in [-0.2, 0) is 22.4 Å². The molecule has 6 nitrogen and oxygen atoms in total. The number of benzene rings is 3. The number of barbiturate groups is 1. The molecule has 4 rings (SSSR count). The minimum absolute atomic E-state index is 0.133. The van der Waals surface area contributed by atoms with Crippen LogP contribution in [0.1, 0.15) is 36.1 Å². The second kappa shape index (κ2) is 11.3. The number of anilines is 1. The van der Waals surface area contributed by atoms with Crippen molar-refractivity contribution in [2.24, 2.45) is 0 Å². The number of carbonyl (C=O) groups is 3. The number of carbonyl (C=O) groups excluding carboxylic acids is 3. The third kappa shape index (κ3) is 5.47. The van der Waals surface area contributed by atoms with Crippen LogP contribution in [-0.4, -0.2) is 24.5 Å². The van der Waals surface area contributed by atoms with Gasteiger partial charge in [0.2, 0.25) is 0 Å². The number of hydrogen-bond donors (Lipinski definition) is 1. The van der Waals surface area contributed by atoms with Crippen molar-refractivity contribution in [2.45, 2.75) is 26.7 Å². The number of halogens is 2. The summed E-state index contributed by atoms with van der Waals surface area (Å²) in [7, 11) is 0. The molecular weight excluding hydrogens is 591 g/mol. The zero-order valence-corrected chi connectivity index (χ0v) is 22.7. The summed E-state index contributed by atoms with van der Waals surface area (Å²) in [5.41, 5.74) is 3.87. The zero-order valence-electron chi connectivity index (χ0n) is 19.8. The summed E-state index contributed by atoms with van der Waals surface area (Å²) >= 11 is 8.59. The first-order chi connectivity index (χ1) is 17.3. The number of rotatable bonds is 7. The molecule has 1 saturated heterocycles. The van der Waals surface area contributed by atoms with E-state index in [1.807, 2.05) is 56.3 Å². The lowest BCUT2D eigenvalue weighted by molar-refractivity contribution is -0.122. The number of amides is 4. The second-order valence-electron chi connectivity index (χ2n) is 8.16. The van der Waals surface area contributed by atoms with Gasteiger partial charge in [-0.15, -0.1) is 0 Å². The molecule has 3 aromatic carbocycles. The Morgan fingerprint density at radius 1 is 1.03 bits per heavy atom. The molecule has 0 unspecified atom stereocenters. The molecule has 184 valence electrons.